The average Bonchev–Trinajstić information content (AvgIpc) is 2.51. The number of benzene rings is 1. The van der Waals surface area contributed by atoms with Gasteiger partial charge in [0.25, 0.3) is 0 Å². The van der Waals surface area contributed by atoms with Gasteiger partial charge in [-0.2, -0.15) is 0 Å². The van der Waals surface area contributed by atoms with E-state index in [1.807, 2.05) is 7.05 Å². The standard InChI is InChI=1S/C17H25ClFNO/c1-20-16(11-13-10-14(19)8-9-15(13)18)17(21-2)12-6-4-3-5-7-12/h8-10,12,16-17,20H,3-7,11H2,1-2H3. The zero-order valence-electron chi connectivity index (χ0n) is 12.9. The number of ether oxygens (including phenoxy) is 1. The lowest BCUT2D eigenvalue weighted by Gasteiger charge is -2.35. The summed E-state index contributed by atoms with van der Waals surface area (Å²) >= 11 is 6.20. The van der Waals surface area contributed by atoms with Crippen LogP contribution >= 0.6 is 11.6 Å². The minimum atomic E-state index is -0.240. The van der Waals surface area contributed by atoms with Crippen molar-refractivity contribution in [3.05, 3.63) is 34.6 Å². The van der Waals surface area contributed by atoms with Gasteiger partial charge in [-0.1, -0.05) is 30.9 Å². The fraction of sp³-hybridized carbons (Fsp3) is 0.647. The first-order valence-corrected chi connectivity index (χ1v) is 8.17. The molecule has 0 amide bonds. The van der Waals surface area contributed by atoms with E-state index in [0.717, 1.165) is 5.56 Å². The number of hydrogen-bond donors (Lipinski definition) is 1. The molecule has 1 aromatic carbocycles. The Kier molecular flexibility index (Phi) is 6.46. The molecule has 0 bridgehead atoms. The van der Waals surface area contributed by atoms with Crippen LogP contribution in [0.15, 0.2) is 18.2 Å². The molecule has 1 N–H and O–H groups in total. The summed E-state index contributed by atoms with van der Waals surface area (Å²) in [5.74, 6) is 0.337. The van der Waals surface area contributed by atoms with Gasteiger partial charge < -0.3 is 10.1 Å². The lowest BCUT2D eigenvalue weighted by molar-refractivity contribution is 0.0101. The molecule has 1 saturated carbocycles. The molecule has 21 heavy (non-hydrogen) atoms. The highest BCUT2D eigenvalue weighted by Gasteiger charge is 2.30. The third kappa shape index (κ3) is 4.41. The van der Waals surface area contributed by atoms with E-state index in [9.17, 15) is 4.39 Å². The van der Waals surface area contributed by atoms with Crippen LogP contribution in [0.2, 0.25) is 5.02 Å². The Morgan fingerprint density at radius 2 is 2.05 bits per heavy atom. The van der Waals surface area contributed by atoms with Gasteiger partial charge >= 0.3 is 0 Å². The van der Waals surface area contributed by atoms with E-state index in [4.69, 9.17) is 16.3 Å². The third-order valence-corrected chi connectivity index (χ3v) is 4.97. The first-order valence-electron chi connectivity index (χ1n) is 7.79. The number of likely N-dealkylation sites (N-methyl/N-ethyl adjacent to an activating group) is 1. The SMILES string of the molecule is CNC(Cc1cc(F)ccc1Cl)C(OC)C1CCCCC1. The predicted octanol–water partition coefficient (Wildman–Crippen LogP) is 4.20. The van der Waals surface area contributed by atoms with Crippen molar-refractivity contribution < 1.29 is 9.13 Å². The molecule has 1 aliphatic rings. The summed E-state index contributed by atoms with van der Waals surface area (Å²) in [6.07, 6.45) is 7.15. The van der Waals surface area contributed by atoms with Crippen LogP contribution < -0.4 is 5.32 Å². The van der Waals surface area contributed by atoms with E-state index in [2.05, 4.69) is 5.32 Å². The quantitative estimate of drug-likeness (QED) is 0.849. The van der Waals surface area contributed by atoms with Crippen LogP contribution in [0.5, 0.6) is 0 Å². The van der Waals surface area contributed by atoms with Crippen molar-refractivity contribution in [1.82, 2.24) is 5.32 Å². The Labute approximate surface area is 132 Å². The topological polar surface area (TPSA) is 21.3 Å². The van der Waals surface area contributed by atoms with Gasteiger partial charge in [0, 0.05) is 18.2 Å². The average molecular weight is 314 g/mol. The minimum Gasteiger partial charge on any atom is -0.380 e. The second kappa shape index (κ2) is 8.11. The summed E-state index contributed by atoms with van der Waals surface area (Å²) in [6.45, 7) is 0. The second-order valence-corrected chi connectivity index (χ2v) is 6.34. The van der Waals surface area contributed by atoms with Gasteiger partial charge in [-0.15, -0.1) is 0 Å². The van der Waals surface area contributed by atoms with Gasteiger partial charge in [0.15, 0.2) is 0 Å². The molecular weight excluding hydrogens is 289 g/mol. The van der Waals surface area contributed by atoms with Gasteiger partial charge in [0.05, 0.1) is 6.10 Å². The highest BCUT2D eigenvalue weighted by atomic mass is 35.5. The second-order valence-electron chi connectivity index (χ2n) is 5.93. The van der Waals surface area contributed by atoms with E-state index >= 15 is 0 Å². The van der Waals surface area contributed by atoms with Crippen LogP contribution in [0.1, 0.15) is 37.7 Å². The summed E-state index contributed by atoms with van der Waals surface area (Å²) in [7, 11) is 3.71. The Hall–Kier alpha value is -0.640. The molecule has 4 heteroatoms. The molecule has 2 nitrogen and oxygen atoms in total. The van der Waals surface area contributed by atoms with Crippen LogP contribution in [0.4, 0.5) is 4.39 Å². The molecule has 0 heterocycles. The van der Waals surface area contributed by atoms with Gasteiger partial charge in [-0.25, -0.2) is 4.39 Å². The molecule has 0 spiro atoms. The molecule has 1 fully saturated rings. The van der Waals surface area contributed by atoms with Crippen molar-refractivity contribution in [2.45, 2.75) is 50.7 Å². The molecular formula is C17H25ClFNO. The summed E-state index contributed by atoms with van der Waals surface area (Å²) in [5, 5.41) is 3.96. The third-order valence-electron chi connectivity index (χ3n) is 4.60. The maximum atomic E-state index is 13.4. The number of rotatable bonds is 6. The van der Waals surface area contributed by atoms with Crippen LogP contribution in [0, 0.1) is 11.7 Å². The number of methoxy groups -OCH3 is 1. The normalized spacial score (nSPS) is 19.4. The van der Waals surface area contributed by atoms with Crippen LogP contribution in [-0.4, -0.2) is 26.3 Å². The van der Waals surface area contributed by atoms with Gasteiger partial charge in [-0.3, -0.25) is 0 Å². The summed E-state index contributed by atoms with van der Waals surface area (Å²) < 4.78 is 19.2. The van der Waals surface area contributed by atoms with Gasteiger partial charge in [-0.05, 0) is 56.0 Å². The molecule has 2 atom stereocenters. The van der Waals surface area contributed by atoms with Gasteiger partial charge in [0.1, 0.15) is 5.82 Å². The fourth-order valence-corrected chi connectivity index (χ4v) is 3.66. The van der Waals surface area contributed by atoms with Crippen molar-refractivity contribution in [2.24, 2.45) is 5.92 Å². The molecule has 0 saturated heterocycles. The molecule has 1 aromatic rings. The lowest BCUT2D eigenvalue weighted by Crippen LogP contribution is -2.45. The molecule has 0 aliphatic heterocycles. The zero-order valence-corrected chi connectivity index (χ0v) is 13.6. The smallest absolute Gasteiger partial charge is 0.123 e. The number of nitrogens with one attached hydrogen (secondary N) is 1. The first-order chi connectivity index (χ1) is 10.2. The Bertz CT molecular complexity index is 448. The van der Waals surface area contributed by atoms with Crippen LogP contribution in [0.25, 0.3) is 0 Å². The van der Waals surface area contributed by atoms with Crippen molar-refractivity contribution >= 4 is 11.6 Å². The molecule has 1 aliphatic carbocycles. The van der Waals surface area contributed by atoms with Gasteiger partial charge in [0.2, 0.25) is 0 Å². The zero-order chi connectivity index (χ0) is 15.2. The molecule has 2 rings (SSSR count). The Balaban J connectivity index is 2.11. The van der Waals surface area contributed by atoms with E-state index in [1.54, 1.807) is 13.2 Å². The van der Waals surface area contributed by atoms with Crippen LogP contribution in [-0.2, 0) is 11.2 Å². The van der Waals surface area contributed by atoms with E-state index in [0.29, 0.717) is 17.4 Å². The summed E-state index contributed by atoms with van der Waals surface area (Å²) in [5.41, 5.74) is 0.842. The van der Waals surface area contributed by atoms with Crippen molar-refractivity contribution in [2.75, 3.05) is 14.2 Å². The van der Waals surface area contributed by atoms with Crippen LogP contribution in [0.3, 0.4) is 0 Å². The van der Waals surface area contributed by atoms with Crippen molar-refractivity contribution in [3.63, 3.8) is 0 Å². The minimum absolute atomic E-state index is 0.148. The summed E-state index contributed by atoms with van der Waals surface area (Å²) in [4.78, 5) is 0. The monoisotopic (exact) mass is 313 g/mol. The predicted molar refractivity (Wildman–Crippen MR) is 85.3 cm³/mol. The number of halogens is 2. The van der Waals surface area contributed by atoms with Crippen molar-refractivity contribution in [3.8, 4) is 0 Å². The first kappa shape index (κ1) is 16.7. The summed E-state index contributed by atoms with van der Waals surface area (Å²) in [6, 6.07) is 4.70. The van der Waals surface area contributed by atoms with E-state index < -0.39 is 0 Å². The fourth-order valence-electron chi connectivity index (χ4n) is 3.47. The highest BCUT2D eigenvalue weighted by Crippen LogP contribution is 2.30. The lowest BCUT2D eigenvalue weighted by atomic mass is 9.81. The molecule has 2 unspecified atom stereocenters. The molecule has 0 aromatic heterocycles. The Morgan fingerprint density at radius 1 is 1.33 bits per heavy atom. The maximum absolute atomic E-state index is 13.4. The van der Waals surface area contributed by atoms with E-state index in [-0.39, 0.29) is 18.0 Å². The van der Waals surface area contributed by atoms with E-state index in [1.165, 1.54) is 44.2 Å². The largest absolute Gasteiger partial charge is 0.380 e. The highest BCUT2D eigenvalue weighted by molar-refractivity contribution is 6.31. The Morgan fingerprint density at radius 3 is 2.67 bits per heavy atom. The number of hydrogen-bond acceptors (Lipinski definition) is 2. The molecule has 0 radical (unpaired) electrons. The van der Waals surface area contributed by atoms with Crippen molar-refractivity contribution in [1.29, 1.82) is 0 Å². The maximum Gasteiger partial charge on any atom is 0.123 e. The molecule has 118 valence electrons.